The fourth-order valence-corrected chi connectivity index (χ4v) is 3.50. The first-order chi connectivity index (χ1) is 13.6. The van der Waals surface area contributed by atoms with Crippen molar-refractivity contribution in [3.63, 3.8) is 0 Å². The van der Waals surface area contributed by atoms with Crippen molar-refractivity contribution in [1.29, 1.82) is 0 Å². The van der Waals surface area contributed by atoms with Gasteiger partial charge in [-0.05, 0) is 48.2 Å². The van der Waals surface area contributed by atoms with E-state index in [1.165, 1.54) is 37.4 Å². The van der Waals surface area contributed by atoms with E-state index < -0.39 is 29.2 Å². The van der Waals surface area contributed by atoms with Gasteiger partial charge in [-0.15, -0.1) is 0 Å². The molecule has 1 amide bonds. The zero-order chi connectivity index (χ0) is 21.4. The average Bonchev–Trinajstić information content (AvgIpc) is 3.41. The molecule has 154 valence electrons. The first-order valence-electron chi connectivity index (χ1n) is 9.04. The van der Waals surface area contributed by atoms with E-state index in [2.05, 4.69) is 5.32 Å². The molecule has 5 nitrogen and oxygen atoms in total. The highest BCUT2D eigenvalue weighted by atomic mass is 19.4. The molecular weight excluding hydrogens is 387 g/mol. The third-order valence-electron chi connectivity index (χ3n) is 5.28. The fraction of sp³-hybridized carbons (Fsp3) is 0.333. The average molecular weight is 407 g/mol. The van der Waals surface area contributed by atoms with E-state index in [0.717, 1.165) is 12.1 Å². The number of rotatable bonds is 6. The minimum atomic E-state index is -4.51. The lowest BCUT2D eigenvalue weighted by molar-refractivity contribution is -0.141. The van der Waals surface area contributed by atoms with Crippen molar-refractivity contribution < 1.29 is 32.6 Å². The monoisotopic (exact) mass is 407 g/mol. The lowest BCUT2D eigenvalue weighted by Crippen LogP contribution is -2.44. The van der Waals surface area contributed by atoms with Gasteiger partial charge in [-0.25, -0.2) is 4.79 Å². The van der Waals surface area contributed by atoms with Gasteiger partial charge in [-0.1, -0.05) is 25.5 Å². The maximum absolute atomic E-state index is 13.1. The summed E-state index contributed by atoms with van der Waals surface area (Å²) in [5, 5.41) is 12.1. The maximum atomic E-state index is 13.1. The van der Waals surface area contributed by atoms with Crippen LogP contribution in [0.15, 0.2) is 42.5 Å². The summed E-state index contributed by atoms with van der Waals surface area (Å²) in [6.07, 6.45) is -3.54. The number of carboxylic acids is 1. The lowest BCUT2D eigenvalue weighted by Gasteiger charge is -2.16. The van der Waals surface area contributed by atoms with Gasteiger partial charge >= 0.3 is 12.1 Å². The predicted molar refractivity (Wildman–Crippen MR) is 99.7 cm³/mol. The third kappa shape index (κ3) is 3.92. The van der Waals surface area contributed by atoms with E-state index in [4.69, 9.17) is 4.74 Å². The summed E-state index contributed by atoms with van der Waals surface area (Å²) in [5.41, 5.74) is -1.43. The number of hydrogen-bond acceptors (Lipinski definition) is 3. The minimum Gasteiger partial charge on any atom is -0.496 e. The fourth-order valence-electron chi connectivity index (χ4n) is 3.50. The van der Waals surface area contributed by atoms with Crippen LogP contribution in [0.2, 0.25) is 0 Å². The number of carboxylic acid groups (broad SMARTS) is 1. The lowest BCUT2D eigenvalue weighted by atomic mass is 9.99. The van der Waals surface area contributed by atoms with E-state index in [0.29, 0.717) is 24.2 Å². The van der Waals surface area contributed by atoms with Gasteiger partial charge in [0.05, 0.1) is 12.7 Å². The molecule has 2 aromatic rings. The number of halogens is 3. The van der Waals surface area contributed by atoms with Crippen molar-refractivity contribution in [1.82, 2.24) is 5.32 Å². The number of ether oxygens (including phenoxy) is 1. The van der Waals surface area contributed by atoms with Crippen LogP contribution in [-0.2, 0) is 11.0 Å². The Balaban J connectivity index is 1.96. The molecule has 0 heterocycles. The summed E-state index contributed by atoms with van der Waals surface area (Å²) in [4.78, 5) is 24.3. The van der Waals surface area contributed by atoms with Gasteiger partial charge in [0.15, 0.2) is 0 Å². The number of alkyl halides is 3. The van der Waals surface area contributed by atoms with Crippen molar-refractivity contribution in [3.8, 4) is 16.9 Å². The first kappa shape index (κ1) is 20.7. The summed E-state index contributed by atoms with van der Waals surface area (Å²) in [6.45, 7) is 1.85. The first-order valence-corrected chi connectivity index (χ1v) is 9.04. The summed E-state index contributed by atoms with van der Waals surface area (Å²) >= 11 is 0. The standard InChI is InChI=1S/C21H20F3NO4/c1-3-14-11-20(14,19(27)28)25-18(26)13-7-8-17(29-2)16(10-13)12-5-4-6-15(9-12)21(22,23)24/h4-10,14H,3,11H2,1-2H3,(H,25,26)(H,27,28). The summed E-state index contributed by atoms with van der Waals surface area (Å²) in [7, 11) is 1.38. The largest absolute Gasteiger partial charge is 0.496 e. The van der Waals surface area contributed by atoms with Gasteiger partial charge in [-0.2, -0.15) is 13.2 Å². The molecule has 2 atom stereocenters. The Hall–Kier alpha value is -3.03. The Morgan fingerprint density at radius 3 is 2.52 bits per heavy atom. The van der Waals surface area contributed by atoms with Crippen LogP contribution in [0.3, 0.4) is 0 Å². The van der Waals surface area contributed by atoms with Crippen LogP contribution in [0.5, 0.6) is 5.75 Å². The van der Waals surface area contributed by atoms with Gasteiger partial charge < -0.3 is 15.2 Å². The molecule has 2 aromatic carbocycles. The Morgan fingerprint density at radius 1 is 1.24 bits per heavy atom. The van der Waals surface area contributed by atoms with E-state index in [1.54, 1.807) is 0 Å². The molecule has 1 aliphatic carbocycles. The van der Waals surface area contributed by atoms with Crippen molar-refractivity contribution >= 4 is 11.9 Å². The van der Waals surface area contributed by atoms with Gasteiger partial charge in [0, 0.05) is 11.1 Å². The maximum Gasteiger partial charge on any atom is 0.416 e. The highest BCUT2D eigenvalue weighted by Gasteiger charge is 2.60. The molecule has 1 saturated carbocycles. The van der Waals surface area contributed by atoms with Gasteiger partial charge in [-0.3, -0.25) is 4.79 Å². The van der Waals surface area contributed by atoms with Gasteiger partial charge in [0.25, 0.3) is 5.91 Å². The van der Waals surface area contributed by atoms with Crippen LogP contribution in [-0.4, -0.2) is 29.6 Å². The normalized spacial score (nSPS) is 20.8. The predicted octanol–water partition coefficient (Wildman–Crippen LogP) is 4.36. The van der Waals surface area contributed by atoms with Gasteiger partial charge in [0.1, 0.15) is 11.3 Å². The second kappa shape index (κ2) is 7.42. The van der Waals surface area contributed by atoms with Crippen LogP contribution < -0.4 is 10.1 Å². The molecule has 3 rings (SSSR count). The molecule has 0 spiro atoms. The second-order valence-corrected chi connectivity index (χ2v) is 7.03. The van der Waals surface area contributed by atoms with Crippen molar-refractivity contribution in [2.45, 2.75) is 31.5 Å². The summed E-state index contributed by atoms with van der Waals surface area (Å²) in [5.74, 6) is -1.54. The number of aliphatic carboxylic acids is 1. The van der Waals surface area contributed by atoms with E-state index >= 15 is 0 Å². The van der Waals surface area contributed by atoms with Gasteiger partial charge in [0.2, 0.25) is 0 Å². The molecule has 2 unspecified atom stereocenters. The smallest absolute Gasteiger partial charge is 0.416 e. The molecule has 29 heavy (non-hydrogen) atoms. The molecule has 8 heteroatoms. The number of benzene rings is 2. The molecule has 0 aliphatic heterocycles. The van der Waals surface area contributed by atoms with Crippen LogP contribution in [0, 0.1) is 5.92 Å². The van der Waals surface area contributed by atoms with Crippen molar-refractivity contribution in [3.05, 3.63) is 53.6 Å². The number of carbonyl (C=O) groups is 2. The van der Waals surface area contributed by atoms with E-state index in [-0.39, 0.29) is 17.0 Å². The van der Waals surface area contributed by atoms with E-state index in [1.807, 2.05) is 6.92 Å². The second-order valence-electron chi connectivity index (χ2n) is 7.03. The summed E-state index contributed by atoms with van der Waals surface area (Å²) in [6, 6.07) is 9.03. The Morgan fingerprint density at radius 2 is 1.97 bits per heavy atom. The van der Waals surface area contributed by atoms with Crippen LogP contribution in [0.4, 0.5) is 13.2 Å². The molecule has 0 aromatic heterocycles. The minimum absolute atomic E-state index is 0.139. The highest BCUT2D eigenvalue weighted by molar-refractivity contribution is 6.00. The Kier molecular flexibility index (Phi) is 5.30. The SMILES string of the molecule is CCC1CC1(NC(=O)c1ccc(OC)c(-c2cccc(C(F)(F)F)c2)c1)C(=O)O. The highest BCUT2D eigenvalue weighted by Crippen LogP contribution is 2.46. The Labute approximate surface area is 165 Å². The molecule has 0 bridgehead atoms. The number of carbonyl (C=O) groups excluding carboxylic acids is 1. The van der Waals surface area contributed by atoms with Crippen LogP contribution in [0.25, 0.3) is 11.1 Å². The molecular formula is C21H20F3NO4. The van der Waals surface area contributed by atoms with Crippen LogP contribution in [0.1, 0.15) is 35.7 Å². The quantitative estimate of drug-likeness (QED) is 0.746. The zero-order valence-electron chi connectivity index (χ0n) is 15.8. The molecule has 1 aliphatic rings. The molecule has 0 radical (unpaired) electrons. The number of methoxy groups -OCH3 is 1. The molecule has 2 N–H and O–H groups in total. The number of amides is 1. The van der Waals surface area contributed by atoms with Crippen molar-refractivity contribution in [2.75, 3.05) is 7.11 Å². The van der Waals surface area contributed by atoms with E-state index in [9.17, 15) is 27.9 Å². The molecule has 1 fully saturated rings. The zero-order valence-corrected chi connectivity index (χ0v) is 15.8. The summed E-state index contributed by atoms with van der Waals surface area (Å²) < 4.78 is 44.4. The Bertz CT molecular complexity index is 957. The number of nitrogens with one attached hydrogen (secondary N) is 1. The third-order valence-corrected chi connectivity index (χ3v) is 5.28. The molecule has 0 saturated heterocycles. The van der Waals surface area contributed by atoms with Crippen LogP contribution >= 0.6 is 0 Å². The number of hydrogen-bond donors (Lipinski definition) is 2. The van der Waals surface area contributed by atoms with Crippen molar-refractivity contribution in [2.24, 2.45) is 5.92 Å². The topological polar surface area (TPSA) is 75.6 Å².